The number of hydrogen-bond donors (Lipinski definition) is 1. The molecule has 0 saturated carbocycles. The predicted octanol–water partition coefficient (Wildman–Crippen LogP) is 3.14. The van der Waals surface area contributed by atoms with Crippen molar-refractivity contribution in [3.8, 4) is 0 Å². The van der Waals surface area contributed by atoms with Crippen LogP contribution in [0.4, 0.5) is 4.39 Å². The van der Waals surface area contributed by atoms with Crippen molar-refractivity contribution in [2.24, 2.45) is 10.9 Å². The van der Waals surface area contributed by atoms with E-state index in [0.29, 0.717) is 5.92 Å². The first-order valence-corrected chi connectivity index (χ1v) is 9.81. The summed E-state index contributed by atoms with van der Waals surface area (Å²) in [6.45, 7) is 3.66. The van der Waals surface area contributed by atoms with Gasteiger partial charge in [-0.15, -0.1) is 0 Å². The van der Waals surface area contributed by atoms with Crippen LogP contribution in [0.1, 0.15) is 29.2 Å². The van der Waals surface area contributed by atoms with Crippen molar-refractivity contribution in [3.05, 3.63) is 71.0 Å². The van der Waals surface area contributed by atoms with Crippen molar-refractivity contribution in [2.45, 2.75) is 25.0 Å². The minimum Gasteiger partial charge on any atom is -0.460 e. The summed E-state index contributed by atoms with van der Waals surface area (Å²) in [4.78, 5) is 7.03. The van der Waals surface area contributed by atoms with Gasteiger partial charge in [-0.05, 0) is 48.2 Å². The van der Waals surface area contributed by atoms with E-state index >= 15 is 0 Å². The van der Waals surface area contributed by atoms with Crippen LogP contribution in [0.15, 0.2) is 53.5 Å². The topological polar surface area (TPSA) is 36.9 Å². The summed E-state index contributed by atoms with van der Waals surface area (Å²) in [6, 6.07) is 16.1. The SMILES string of the molecule is Fc1ccc([C@H]2c3ccccc3CCN2C2=NC[C@@H]([C@H]3CCNC3)O2)cc1. The summed E-state index contributed by atoms with van der Waals surface area (Å²) in [6.07, 6.45) is 2.28. The zero-order valence-electron chi connectivity index (χ0n) is 15.3. The van der Waals surface area contributed by atoms with Crippen molar-refractivity contribution >= 4 is 6.02 Å². The maximum absolute atomic E-state index is 13.5. The summed E-state index contributed by atoms with van der Waals surface area (Å²) in [5, 5.41) is 3.42. The fourth-order valence-electron chi connectivity index (χ4n) is 4.55. The van der Waals surface area contributed by atoms with Gasteiger partial charge in [-0.3, -0.25) is 0 Å². The normalized spacial score (nSPS) is 27.2. The van der Waals surface area contributed by atoms with Crippen LogP contribution in [0.5, 0.6) is 0 Å². The van der Waals surface area contributed by atoms with Crippen LogP contribution in [0.25, 0.3) is 0 Å². The number of aliphatic imine (C=N–C) groups is 1. The molecule has 27 heavy (non-hydrogen) atoms. The van der Waals surface area contributed by atoms with E-state index < -0.39 is 0 Å². The van der Waals surface area contributed by atoms with E-state index in [1.807, 2.05) is 12.1 Å². The Morgan fingerprint density at radius 2 is 1.96 bits per heavy atom. The molecule has 0 bridgehead atoms. The van der Waals surface area contributed by atoms with Gasteiger partial charge in [0.15, 0.2) is 0 Å². The van der Waals surface area contributed by atoms with E-state index in [-0.39, 0.29) is 18.0 Å². The molecule has 4 nitrogen and oxygen atoms in total. The Bertz CT molecular complexity index is 845. The third-order valence-corrected chi connectivity index (χ3v) is 6.00. The molecule has 2 aromatic carbocycles. The van der Waals surface area contributed by atoms with Gasteiger partial charge in [0.2, 0.25) is 0 Å². The number of nitrogens with one attached hydrogen (secondary N) is 1. The van der Waals surface area contributed by atoms with Crippen molar-refractivity contribution in [1.29, 1.82) is 0 Å². The molecule has 140 valence electrons. The lowest BCUT2D eigenvalue weighted by molar-refractivity contribution is 0.126. The molecule has 3 heterocycles. The molecule has 3 aliphatic heterocycles. The van der Waals surface area contributed by atoms with Crippen LogP contribution in [0.2, 0.25) is 0 Å². The second kappa shape index (κ2) is 6.97. The fraction of sp³-hybridized carbons (Fsp3) is 0.409. The lowest BCUT2D eigenvalue weighted by Crippen LogP contribution is -2.42. The first kappa shape index (κ1) is 16.8. The fourth-order valence-corrected chi connectivity index (χ4v) is 4.55. The van der Waals surface area contributed by atoms with Gasteiger partial charge >= 0.3 is 0 Å². The molecule has 0 unspecified atom stereocenters. The lowest BCUT2D eigenvalue weighted by atomic mass is 9.88. The summed E-state index contributed by atoms with van der Waals surface area (Å²) in [7, 11) is 0. The minimum atomic E-state index is -0.211. The highest BCUT2D eigenvalue weighted by atomic mass is 19.1. The van der Waals surface area contributed by atoms with E-state index in [2.05, 4.69) is 34.5 Å². The molecule has 0 aromatic heterocycles. The predicted molar refractivity (Wildman–Crippen MR) is 103 cm³/mol. The molecule has 5 rings (SSSR count). The Balaban J connectivity index is 1.47. The number of ether oxygens (including phenoxy) is 1. The molecule has 1 fully saturated rings. The molecular formula is C22H24FN3O. The summed E-state index contributed by atoms with van der Waals surface area (Å²) in [5.74, 6) is 0.324. The Morgan fingerprint density at radius 1 is 1.11 bits per heavy atom. The monoisotopic (exact) mass is 365 g/mol. The van der Waals surface area contributed by atoms with Gasteiger partial charge in [-0.1, -0.05) is 36.4 Å². The molecule has 1 saturated heterocycles. The van der Waals surface area contributed by atoms with Crippen LogP contribution in [-0.2, 0) is 11.2 Å². The third kappa shape index (κ3) is 3.10. The Morgan fingerprint density at radius 3 is 2.78 bits per heavy atom. The first-order chi connectivity index (χ1) is 13.3. The van der Waals surface area contributed by atoms with E-state index in [0.717, 1.165) is 50.6 Å². The number of fused-ring (bicyclic) bond motifs is 1. The second-order valence-electron chi connectivity index (χ2n) is 7.63. The zero-order chi connectivity index (χ0) is 18.2. The molecule has 1 N–H and O–H groups in total. The van der Waals surface area contributed by atoms with Crippen molar-refractivity contribution < 1.29 is 9.13 Å². The number of hydrogen-bond acceptors (Lipinski definition) is 4. The van der Waals surface area contributed by atoms with Crippen molar-refractivity contribution in [1.82, 2.24) is 10.2 Å². The first-order valence-electron chi connectivity index (χ1n) is 9.81. The molecule has 0 radical (unpaired) electrons. The Labute approximate surface area is 159 Å². The van der Waals surface area contributed by atoms with Gasteiger partial charge in [0.1, 0.15) is 11.9 Å². The van der Waals surface area contributed by atoms with Gasteiger partial charge in [-0.2, -0.15) is 0 Å². The van der Waals surface area contributed by atoms with Crippen LogP contribution in [0.3, 0.4) is 0 Å². The zero-order valence-corrected chi connectivity index (χ0v) is 15.3. The molecule has 2 aromatic rings. The molecule has 0 aliphatic carbocycles. The molecule has 5 heteroatoms. The highest BCUT2D eigenvalue weighted by Gasteiger charge is 2.37. The van der Waals surface area contributed by atoms with Crippen molar-refractivity contribution in [2.75, 3.05) is 26.2 Å². The van der Waals surface area contributed by atoms with Gasteiger partial charge < -0.3 is 15.0 Å². The molecular weight excluding hydrogens is 341 g/mol. The van der Waals surface area contributed by atoms with E-state index in [1.165, 1.54) is 23.3 Å². The highest BCUT2D eigenvalue weighted by Crippen LogP contribution is 2.37. The van der Waals surface area contributed by atoms with Crippen LogP contribution in [-0.4, -0.2) is 43.2 Å². The summed E-state index contributed by atoms with van der Waals surface area (Å²) < 4.78 is 19.8. The van der Waals surface area contributed by atoms with E-state index in [9.17, 15) is 4.39 Å². The largest absolute Gasteiger partial charge is 0.460 e. The number of rotatable bonds is 2. The maximum Gasteiger partial charge on any atom is 0.288 e. The third-order valence-electron chi connectivity index (χ3n) is 6.00. The molecule has 3 atom stereocenters. The van der Waals surface area contributed by atoms with Crippen LogP contribution in [0, 0.1) is 11.7 Å². The summed E-state index contributed by atoms with van der Waals surface area (Å²) >= 11 is 0. The van der Waals surface area contributed by atoms with Gasteiger partial charge in [0, 0.05) is 19.0 Å². The smallest absolute Gasteiger partial charge is 0.288 e. The van der Waals surface area contributed by atoms with Crippen LogP contribution >= 0.6 is 0 Å². The Hall–Kier alpha value is -2.40. The van der Waals surface area contributed by atoms with Gasteiger partial charge in [-0.25, -0.2) is 9.38 Å². The summed E-state index contributed by atoms with van der Waals surface area (Å²) in [5.41, 5.74) is 3.67. The molecule has 0 spiro atoms. The van der Waals surface area contributed by atoms with Crippen molar-refractivity contribution in [3.63, 3.8) is 0 Å². The number of amidine groups is 1. The van der Waals surface area contributed by atoms with Gasteiger partial charge in [0.05, 0.1) is 12.6 Å². The number of benzene rings is 2. The molecule has 3 aliphatic rings. The highest BCUT2D eigenvalue weighted by molar-refractivity contribution is 5.77. The lowest BCUT2D eigenvalue weighted by Gasteiger charge is -2.38. The Kier molecular flexibility index (Phi) is 4.32. The van der Waals surface area contributed by atoms with E-state index in [4.69, 9.17) is 9.73 Å². The van der Waals surface area contributed by atoms with Gasteiger partial charge in [0.25, 0.3) is 6.02 Å². The minimum absolute atomic E-state index is 0.00903. The average molecular weight is 365 g/mol. The number of halogens is 1. The van der Waals surface area contributed by atoms with E-state index in [1.54, 1.807) is 0 Å². The standard InChI is InChI=1S/C22H24FN3O/c23-18-7-5-16(6-8-18)21-19-4-2-1-3-15(19)10-12-26(21)22-25-14-20(27-22)17-9-11-24-13-17/h1-8,17,20-21,24H,9-14H2/t17-,20-,21-/m0/s1. The quantitative estimate of drug-likeness (QED) is 0.888. The van der Waals surface area contributed by atoms with Crippen LogP contribution < -0.4 is 5.32 Å². The average Bonchev–Trinajstić information content (AvgIpc) is 3.39. The number of nitrogens with zero attached hydrogens (tertiary/aromatic N) is 2. The second-order valence-corrected chi connectivity index (χ2v) is 7.63. The molecule has 0 amide bonds. The maximum atomic E-state index is 13.5.